The molecule has 0 amide bonds. The minimum Gasteiger partial charge on any atom is -0.310 e. The first-order chi connectivity index (χ1) is 9.91. The van der Waals surface area contributed by atoms with Crippen LogP contribution < -0.4 is 5.32 Å². The van der Waals surface area contributed by atoms with Crippen molar-refractivity contribution in [3.05, 3.63) is 34.9 Å². The molecule has 1 nitrogen and oxygen atoms in total. The molecule has 1 aromatic rings. The maximum Gasteiger partial charge on any atom is 0.416 e. The molecule has 1 aliphatic carbocycles. The van der Waals surface area contributed by atoms with Gasteiger partial charge in [-0.25, -0.2) is 0 Å². The van der Waals surface area contributed by atoms with Crippen molar-refractivity contribution in [2.24, 2.45) is 5.92 Å². The van der Waals surface area contributed by atoms with Crippen LogP contribution in [0.1, 0.15) is 61.8 Å². The van der Waals surface area contributed by atoms with Crippen LogP contribution in [0.5, 0.6) is 0 Å². The number of rotatable bonds is 5. The Kier molecular flexibility index (Phi) is 5.31. The van der Waals surface area contributed by atoms with Crippen LogP contribution in [-0.2, 0) is 6.18 Å². The third kappa shape index (κ3) is 4.22. The zero-order chi connectivity index (χ0) is 15.5. The van der Waals surface area contributed by atoms with E-state index in [0.29, 0.717) is 5.92 Å². The lowest BCUT2D eigenvalue weighted by atomic mass is 9.90. The molecule has 1 aromatic carbocycles. The van der Waals surface area contributed by atoms with Crippen molar-refractivity contribution in [2.45, 2.75) is 58.2 Å². The molecule has 4 heteroatoms. The molecule has 0 bridgehead atoms. The van der Waals surface area contributed by atoms with Crippen molar-refractivity contribution < 1.29 is 13.2 Å². The molecule has 2 rings (SSSR count). The molecule has 1 atom stereocenters. The summed E-state index contributed by atoms with van der Waals surface area (Å²) in [5, 5.41) is 3.44. The van der Waals surface area contributed by atoms with Crippen LogP contribution in [0.2, 0.25) is 0 Å². The second-order valence-electron chi connectivity index (χ2n) is 6.07. The SMILES string of the molecule is CCNC(CC1CCCC1)c1ccc(C(F)(F)F)cc1C. The fraction of sp³-hybridized carbons (Fsp3) is 0.647. The fourth-order valence-corrected chi connectivity index (χ4v) is 3.39. The Hall–Kier alpha value is -1.03. The maximum absolute atomic E-state index is 12.8. The summed E-state index contributed by atoms with van der Waals surface area (Å²) in [4.78, 5) is 0. The summed E-state index contributed by atoms with van der Waals surface area (Å²) in [6.07, 6.45) is 1.84. The predicted molar refractivity (Wildman–Crippen MR) is 79.2 cm³/mol. The summed E-state index contributed by atoms with van der Waals surface area (Å²) in [5.74, 6) is 0.704. The molecule has 1 N–H and O–H groups in total. The van der Waals surface area contributed by atoms with Gasteiger partial charge in [-0.05, 0) is 49.1 Å². The number of hydrogen-bond acceptors (Lipinski definition) is 1. The first-order valence-electron chi connectivity index (χ1n) is 7.83. The van der Waals surface area contributed by atoms with Gasteiger partial charge in [0.2, 0.25) is 0 Å². The average molecular weight is 299 g/mol. The first-order valence-corrected chi connectivity index (χ1v) is 7.83. The Morgan fingerprint density at radius 1 is 1.24 bits per heavy atom. The molecule has 1 saturated carbocycles. The lowest BCUT2D eigenvalue weighted by Gasteiger charge is -2.24. The highest BCUT2D eigenvalue weighted by atomic mass is 19.4. The zero-order valence-electron chi connectivity index (χ0n) is 12.8. The van der Waals surface area contributed by atoms with Gasteiger partial charge in [-0.15, -0.1) is 0 Å². The van der Waals surface area contributed by atoms with Crippen LogP contribution in [0, 0.1) is 12.8 Å². The average Bonchev–Trinajstić information content (AvgIpc) is 2.90. The molecule has 1 aliphatic rings. The summed E-state index contributed by atoms with van der Waals surface area (Å²) in [5.41, 5.74) is 1.19. The molecule has 118 valence electrons. The van der Waals surface area contributed by atoms with E-state index in [9.17, 15) is 13.2 Å². The number of aryl methyl sites for hydroxylation is 1. The Morgan fingerprint density at radius 2 is 1.90 bits per heavy atom. The van der Waals surface area contributed by atoms with E-state index >= 15 is 0 Å². The van der Waals surface area contributed by atoms with Crippen LogP contribution in [-0.4, -0.2) is 6.54 Å². The molecule has 0 spiro atoms. The molecule has 0 aliphatic heterocycles. The van der Waals surface area contributed by atoms with Crippen molar-refractivity contribution in [1.82, 2.24) is 5.32 Å². The highest BCUT2D eigenvalue weighted by Crippen LogP contribution is 2.36. The van der Waals surface area contributed by atoms with Gasteiger partial charge in [0.1, 0.15) is 0 Å². The summed E-state index contributed by atoms with van der Waals surface area (Å²) in [6.45, 7) is 4.66. The topological polar surface area (TPSA) is 12.0 Å². The molecule has 0 radical (unpaired) electrons. The number of hydrogen-bond donors (Lipinski definition) is 1. The number of alkyl halides is 3. The van der Waals surface area contributed by atoms with Crippen LogP contribution in [0.4, 0.5) is 13.2 Å². The Bertz CT molecular complexity index is 462. The number of benzene rings is 1. The Balaban J connectivity index is 2.19. The number of nitrogens with one attached hydrogen (secondary N) is 1. The first kappa shape index (κ1) is 16.3. The second kappa shape index (κ2) is 6.82. The van der Waals surface area contributed by atoms with E-state index in [-0.39, 0.29) is 6.04 Å². The van der Waals surface area contributed by atoms with Crippen LogP contribution in [0.15, 0.2) is 18.2 Å². The van der Waals surface area contributed by atoms with E-state index in [0.717, 1.165) is 24.1 Å². The Morgan fingerprint density at radius 3 is 2.43 bits per heavy atom. The van der Waals surface area contributed by atoms with Crippen molar-refractivity contribution in [2.75, 3.05) is 6.54 Å². The van der Waals surface area contributed by atoms with E-state index in [4.69, 9.17) is 0 Å². The summed E-state index contributed by atoms with van der Waals surface area (Å²) in [7, 11) is 0. The molecule has 0 saturated heterocycles. The monoisotopic (exact) mass is 299 g/mol. The van der Waals surface area contributed by atoms with E-state index < -0.39 is 11.7 Å². The van der Waals surface area contributed by atoms with Crippen molar-refractivity contribution in [3.63, 3.8) is 0 Å². The Labute approximate surface area is 124 Å². The summed E-state index contributed by atoms with van der Waals surface area (Å²) >= 11 is 0. The minimum absolute atomic E-state index is 0.167. The normalized spacial score (nSPS) is 18.1. The number of halogens is 3. The van der Waals surface area contributed by atoms with Gasteiger partial charge in [-0.1, -0.05) is 38.7 Å². The highest BCUT2D eigenvalue weighted by molar-refractivity contribution is 5.34. The summed E-state index contributed by atoms with van der Waals surface area (Å²) < 4.78 is 38.3. The van der Waals surface area contributed by atoms with Gasteiger partial charge in [0.05, 0.1) is 5.56 Å². The largest absolute Gasteiger partial charge is 0.416 e. The zero-order valence-corrected chi connectivity index (χ0v) is 12.8. The lowest BCUT2D eigenvalue weighted by Crippen LogP contribution is -2.24. The molecule has 1 unspecified atom stereocenters. The smallest absolute Gasteiger partial charge is 0.310 e. The molecule has 0 aromatic heterocycles. The summed E-state index contributed by atoms with van der Waals surface area (Å²) in [6, 6.07) is 4.30. The van der Waals surface area contributed by atoms with Gasteiger partial charge in [-0.2, -0.15) is 13.2 Å². The molecular formula is C17H24F3N. The van der Waals surface area contributed by atoms with E-state index in [1.165, 1.54) is 37.8 Å². The lowest BCUT2D eigenvalue weighted by molar-refractivity contribution is -0.137. The van der Waals surface area contributed by atoms with Crippen molar-refractivity contribution >= 4 is 0 Å². The van der Waals surface area contributed by atoms with E-state index in [2.05, 4.69) is 5.32 Å². The van der Waals surface area contributed by atoms with Gasteiger partial charge < -0.3 is 5.32 Å². The third-order valence-corrected chi connectivity index (χ3v) is 4.47. The standard InChI is InChI=1S/C17H24F3N/c1-3-21-16(11-13-6-4-5-7-13)15-9-8-14(10-12(15)2)17(18,19)20/h8-10,13,16,21H,3-7,11H2,1-2H3. The van der Waals surface area contributed by atoms with Crippen LogP contribution >= 0.6 is 0 Å². The van der Waals surface area contributed by atoms with Gasteiger partial charge in [0.25, 0.3) is 0 Å². The second-order valence-corrected chi connectivity index (χ2v) is 6.07. The maximum atomic E-state index is 12.8. The van der Waals surface area contributed by atoms with Crippen molar-refractivity contribution in [1.29, 1.82) is 0 Å². The molecule has 0 heterocycles. The van der Waals surface area contributed by atoms with Crippen LogP contribution in [0.25, 0.3) is 0 Å². The van der Waals surface area contributed by atoms with Gasteiger partial charge in [0, 0.05) is 6.04 Å². The van der Waals surface area contributed by atoms with Gasteiger partial charge in [0.15, 0.2) is 0 Å². The molecule has 21 heavy (non-hydrogen) atoms. The quantitative estimate of drug-likeness (QED) is 0.783. The minimum atomic E-state index is -4.26. The van der Waals surface area contributed by atoms with Gasteiger partial charge in [-0.3, -0.25) is 0 Å². The van der Waals surface area contributed by atoms with Crippen LogP contribution in [0.3, 0.4) is 0 Å². The predicted octanol–water partition coefficient (Wildman–Crippen LogP) is 5.24. The van der Waals surface area contributed by atoms with Crippen molar-refractivity contribution in [3.8, 4) is 0 Å². The molecule has 1 fully saturated rings. The molecular weight excluding hydrogens is 275 g/mol. The third-order valence-electron chi connectivity index (χ3n) is 4.47. The fourth-order valence-electron chi connectivity index (χ4n) is 3.39. The van der Waals surface area contributed by atoms with Gasteiger partial charge >= 0.3 is 6.18 Å². The highest BCUT2D eigenvalue weighted by Gasteiger charge is 2.31. The van der Waals surface area contributed by atoms with E-state index in [1.807, 2.05) is 6.92 Å². The van der Waals surface area contributed by atoms with E-state index in [1.54, 1.807) is 13.0 Å².